The first kappa shape index (κ1) is 14.4. The highest BCUT2D eigenvalue weighted by atomic mass is 16.5. The SMILES string of the molecule is Cc1ccc(OCCCN2CCNCCC2C)cc1. The Morgan fingerprint density at radius 1 is 1.26 bits per heavy atom. The largest absolute Gasteiger partial charge is 0.494 e. The second kappa shape index (κ2) is 7.51. The first-order valence-corrected chi connectivity index (χ1v) is 7.40. The molecule has 1 heterocycles. The van der Waals surface area contributed by atoms with E-state index in [9.17, 15) is 0 Å². The molecule has 0 saturated carbocycles. The smallest absolute Gasteiger partial charge is 0.119 e. The van der Waals surface area contributed by atoms with E-state index in [1.807, 2.05) is 12.1 Å². The third-order valence-corrected chi connectivity index (χ3v) is 3.82. The Kier molecular flexibility index (Phi) is 5.67. The van der Waals surface area contributed by atoms with Crippen LogP contribution < -0.4 is 10.1 Å². The van der Waals surface area contributed by atoms with Crippen LogP contribution in [0.3, 0.4) is 0 Å². The van der Waals surface area contributed by atoms with Crippen molar-refractivity contribution in [3.63, 3.8) is 0 Å². The molecule has 0 radical (unpaired) electrons. The van der Waals surface area contributed by atoms with Crippen LogP contribution in [0.5, 0.6) is 5.75 Å². The van der Waals surface area contributed by atoms with E-state index in [-0.39, 0.29) is 0 Å². The quantitative estimate of drug-likeness (QED) is 0.825. The minimum Gasteiger partial charge on any atom is -0.494 e. The fraction of sp³-hybridized carbons (Fsp3) is 0.625. The lowest BCUT2D eigenvalue weighted by molar-refractivity contribution is 0.197. The van der Waals surface area contributed by atoms with Gasteiger partial charge in [0.15, 0.2) is 0 Å². The van der Waals surface area contributed by atoms with Gasteiger partial charge < -0.3 is 10.1 Å². The van der Waals surface area contributed by atoms with Gasteiger partial charge in [-0.15, -0.1) is 0 Å². The van der Waals surface area contributed by atoms with E-state index < -0.39 is 0 Å². The number of benzene rings is 1. The van der Waals surface area contributed by atoms with E-state index in [2.05, 4.69) is 36.2 Å². The maximum Gasteiger partial charge on any atom is 0.119 e. The Bertz CT molecular complexity index is 364. The molecule has 106 valence electrons. The van der Waals surface area contributed by atoms with Gasteiger partial charge in [-0.3, -0.25) is 4.90 Å². The summed E-state index contributed by atoms with van der Waals surface area (Å²) in [6.45, 7) is 9.78. The molecule has 1 fully saturated rings. The topological polar surface area (TPSA) is 24.5 Å². The summed E-state index contributed by atoms with van der Waals surface area (Å²) in [5, 5.41) is 3.46. The molecular formula is C16H26N2O. The molecule has 1 saturated heterocycles. The van der Waals surface area contributed by atoms with Crippen molar-refractivity contribution in [1.82, 2.24) is 10.2 Å². The predicted molar refractivity (Wildman–Crippen MR) is 79.8 cm³/mol. The van der Waals surface area contributed by atoms with Crippen molar-refractivity contribution in [2.75, 3.05) is 32.8 Å². The number of aryl methyl sites for hydroxylation is 1. The van der Waals surface area contributed by atoms with Gasteiger partial charge in [0, 0.05) is 25.7 Å². The third kappa shape index (κ3) is 4.84. The maximum atomic E-state index is 5.78. The zero-order valence-electron chi connectivity index (χ0n) is 12.2. The highest BCUT2D eigenvalue weighted by molar-refractivity contribution is 5.26. The highest BCUT2D eigenvalue weighted by Crippen LogP contribution is 2.12. The van der Waals surface area contributed by atoms with Gasteiger partial charge >= 0.3 is 0 Å². The van der Waals surface area contributed by atoms with Crippen LogP contribution in [-0.2, 0) is 0 Å². The van der Waals surface area contributed by atoms with Crippen molar-refractivity contribution in [2.45, 2.75) is 32.7 Å². The van der Waals surface area contributed by atoms with Crippen LogP contribution in [0.15, 0.2) is 24.3 Å². The average molecular weight is 262 g/mol. The van der Waals surface area contributed by atoms with E-state index in [1.54, 1.807) is 0 Å². The van der Waals surface area contributed by atoms with Crippen molar-refractivity contribution in [3.05, 3.63) is 29.8 Å². The highest BCUT2D eigenvalue weighted by Gasteiger charge is 2.15. The fourth-order valence-corrected chi connectivity index (χ4v) is 2.49. The Hall–Kier alpha value is -1.06. The summed E-state index contributed by atoms with van der Waals surface area (Å²) in [6.07, 6.45) is 2.34. The van der Waals surface area contributed by atoms with Crippen LogP contribution in [0.25, 0.3) is 0 Å². The second-order valence-electron chi connectivity index (χ2n) is 5.44. The Morgan fingerprint density at radius 3 is 2.84 bits per heavy atom. The zero-order valence-corrected chi connectivity index (χ0v) is 12.2. The first-order chi connectivity index (χ1) is 9.25. The van der Waals surface area contributed by atoms with Crippen molar-refractivity contribution in [1.29, 1.82) is 0 Å². The maximum absolute atomic E-state index is 5.78. The van der Waals surface area contributed by atoms with E-state index in [0.29, 0.717) is 6.04 Å². The van der Waals surface area contributed by atoms with Gasteiger partial charge in [-0.1, -0.05) is 17.7 Å². The summed E-state index contributed by atoms with van der Waals surface area (Å²) in [5.74, 6) is 0.983. The standard InChI is InChI=1S/C16H26N2O/c1-14-4-6-16(7-5-14)19-13-3-11-18-12-10-17-9-8-15(18)2/h4-7,15,17H,3,8-13H2,1-2H3. The molecule has 1 unspecified atom stereocenters. The van der Waals surface area contributed by atoms with Gasteiger partial charge in [-0.05, 0) is 45.4 Å². The van der Waals surface area contributed by atoms with E-state index >= 15 is 0 Å². The summed E-state index contributed by atoms with van der Waals surface area (Å²) in [4.78, 5) is 2.57. The molecular weight excluding hydrogens is 236 g/mol. The van der Waals surface area contributed by atoms with Gasteiger partial charge in [0.2, 0.25) is 0 Å². The normalized spacial score (nSPS) is 21.1. The van der Waals surface area contributed by atoms with Crippen molar-refractivity contribution >= 4 is 0 Å². The Morgan fingerprint density at radius 2 is 2.05 bits per heavy atom. The van der Waals surface area contributed by atoms with Crippen LogP contribution in [0, 0.1) is 6.92 Å². The molecule has 1 aliphatic rings. The molecule has 1 aromatic carbocycles. The van der Waals surface area contributed by atoms with E-state index in [1.165, 1.54) is 12.0 Å². The molecule has 19 heavy (non-hydrogen) atoms. The molecule has 0 aromatic heterocycles. The van der Waals surface area contributed by atoms with Crippen LogP contribution >= 0.6 is 0 Å². The van der Waals surface area contributed by atoms with Gasteiger partial charge in [0.25, 0.3) is 0 Å². The number of nitrogens with zero attached hydrogens (tertiary/aromatic N) is 1. The molecule has 3 heteroatoms. The number of ether oxygens (including phenoxy) is 1. The van der Waals surface area contributed by atoms with Crippen molar-refractivity contribution < 1.29 is 4.74 Å². The van der Waals surface area contributed by atoms with Crippen LogP contribution in [-0.4, -0.2) is 43.7 Å². The summed E-state index contributed by atoms with van der Waals surface area (Å²) in [5.41, 5.74) is 1.28. The van der Waals surface area contributed by atoms with Crippen LogP contribution in [0.4, 0.5) is 0 Å². The second-order valence-corrected chi connectivity index (χ2v) is 5.44. The lowest BCUT2D eigenvalue weighted by atomic mass is 10.2. The molecule has 0 spiro atoms. The zero-order chi connectivity index (χ0) is 13.5. The van der Waals surface area contributed by atoms with Crippen LogP contribution in [0.2, 0.25) is 0 Å². The molecule has 0 aliphatic carbocycles. The number of hydrogen-bond acceptors (Lipinski definition) is 3. The molecule has 1 N–H and O–H groups in total. The minimum atomic E-state index is 0.689. The Labute approximate surface area is 116 Å². The molecule has 1 atom stereocenters. The lowest BCUT2D eigenvalue weighted by Gasteiger charge is -2.26. The molecule has 0 bridgehead atoms. The van der Waals surface area contributed by atoms with E-state index in [4.69, 9.17) is 4.74 Å². The summed E-state index contributed by atoms with van der Waals surface area (Å²) >= 11 is 0. The van der Waals surface area contributed by atoms with Gasteiger partial charge in [-0.25, -0.2) is 0 Å². The predicted octanol–water partition coefficient (Wildman–Crippen LogP) is 2.45. The van der Waals surface area contributed by atoms with Crippen molar-refractivity contribution in [2.24, 2.45) is 0 Å². The lowest BCUT2D eigenvalue weighted by Crippen LogP contribution is -2.35. The molecule has 1 aliphatic heterocycles. The Balaban J connectivity index is 1.67. The minimum absolute atomic E-state index is 0.689. The first-order valence-electron chi connectivity index (χ1n) is 7.40. The summed E-state index contributed by atoms with van der Waals surface area (Å²) in [6, 6.07) is 8.98. The molecule has 3 nitrogen and oxygen atoms in total. The van der Waals surface area contributed by atoms with Gasteiger partial charge in [0.1, 0.15) is 5.75 Å². The molecule has 2 rings (SSSR count). The average Bonchev–Trinajstić information content (AvgIpc) is 2.62. The van der Waals surface area contributed by atoms with Gasteiger partial charge in [-0.2, -0.15) is 0 Å². The van der Waals surface area contributed by atoms with Crippen molar-refractivity contribution in [3.8, 4) is 5.75 Å². The number of nitrogens with one attached hydrogen (secondary N) is 1. The fourth-order valence-electron chi connectivity index (χ4n) is 2.49. The summed E-state index contributed by atoms with van der Waals surface area (Å²) < 4.78 is 5.78. The molecule has 0 amide bonds. The molecule has 1 aromatic rings. The van der Waals surface area contributed by atoms with Crippen LogP contribution in [0.1, 0.15) is 25.3 Å². The number of hydrogen-bond donors (Lipinski definition) is 1. The van der Waals surface area contributed by atoms with E-state index in [0.717, 1.165) is 45.0 Å². The summed E-state index contributed by atoms with van der Waals surface area (Å²) in [7, 11) is 0. The third-order valence-electron chi connectivity index (χ3n) is 3.82. The monoisotopic (exact) mass is 262 g/mol. The van der Waals surface area contributed by atoms with Gasteiger partial charge in [0.05, 0.1) is 6.61 Å². The number of rotatable bonds is 5.